The number of benzene rings is 1. The van der Waals surface area contributed by atoms with Gasteiger partial charge in [-0.3, -0.25) is 4.79 Å². The fourth-order valence-corrected chi connectivity index (χ4v) is 5.22. The molecule has 1 N–H and O–H groups in total. The van der Waals surface area contributed by atoms with Crippen LogP contribution in [0.2, 0.25) is 0 Å². The van der Waals surface area contributed by atoms with E-state index in [1.54, 1.807) is 0 Å². The van der Waals surface area contributed by atoms with Gasteiger partial charge in [-0.25, -0.2) is 4.79 Å². The molecule has 1 aliphatic heterocycles. The molecule has 0 saturated carbocycles. The maximum absolute atomic E-state index is 12.9. The Morgan fingerprint density at radius 1 is 1.30 bits per heavy atom. The number of aliphatic carboxylic acids is 1. The lowest BCUT2D eigenvalue weighted by atomic mass is 9.74. The number of ether oxygens (including phenoxy) is 1. The number of hydrogen-bond donors (Lipinski definition) is 1. The molecule has 27 heavy (non-hydrogen) atoms. The molecule has 0 aromatic heterocycles. The number of thioether (sulfide) groups is 1. The number of nitrogens with zero attached hydrogens (tertiary/aromatic N) is 1. The summed E-state index contributed by atoms with van der Waals surface area (Å²) in [6.45, 7) is 7.54. The van der Waals surface area contributed by atoms with E-state index in [1.165, 1.54) is 11.1 Å². The average Bonchev–Trinajstić information content (AvgIpc) is 2.68. The molecule has 2 unspecified atom stereocenters. The molecule has 3 rings (SSSR count). The highest BCUT2D eigenvalue weighted by atomic mass is 32.2. The van der Waals surface area contributed by atoms with Crippen molar-refractivity contribution in [2.45, 2.75) is 40.0 Å². The summed E-state index contributed by atoms with van der Waals surface area (Å²) in [5.41, 5.74) is 4.78. The number of carboxylic acid groups (broad SMARTS) is 1. The third kappa shape index (κ3) is 4.42. The zero-order valence-electron chi connectivity index (χ0n) is 16.4. The Kier molecular flexibility index (Phi) is 6.35. The van der Waals surface area contributed by atoms with E-state index in [1.807, 2.05) is 29.7 Å². The summed E-state index contributed by atoms with van der Waals surface area (Å²) in [6.07, 6.45) is 2.86. The van der Waals surface area contributed by atoms with Crippen molar-refractivity contribution >= 4 is 23.6 Å². The number of fused-ring (bicyclic) bond motifs is 1. The SMILES string of the molecule is Cc1cc(OCC(=O)O)c(C)c2c1CCC(C(C)C(=O)N1CCSCC1)C2. The van der Waals surface area contributed by atoms with E-state index in [9.17, 15) is 9.59 Å². The summed E-state index contributed by atoms with van der Waals surface area (Å²) in [4.78, 5) is 25.8. The van der Waals surface area contributed by atoms with Crippen LogP contribution in [0.15, 0.2) is 6.07 Å². The van der Waals surface area contributed by atoms with Crippen molar-refractivity contribution in [1.82, 2.24) is 4.90 Å². The number of amides is 1. The highest BCUT2D eigenvalue weighted by Gasteiger charge is 2.32. The molecular formula is C21H29NO4S. The van der Waals surface area contributed by atoms with Crippen molar-refractivity contribution in [2.24, 2.45) is 11.8 Å². The van der Waals surface area contributed by atoms with Crippen molar-refractivity contribution in [3.05, 3.63) is 28.3 Å². The van der Waals surface area contributed by atoms with Crippen molar-refractivity contribution in [3.63, 3.8) is 0 Å². The molecule has 1 fully saturated rings. The van der Waals surface area contributed by atoms with Gasteiger partial charge in [-0.1, -0.05) is 6.92 Å². The highest BCUT2D eigenvalue weighted by Crippen LogP contribution is 2.38. The summed E-state index contributed by atoms with van der Waals surface area (Å²) in [5, 5.41) is 8.90. The Bertz CT molecular complexity index is 727. The van der Waals surface area contributed by atoms with Crippen LogP contribution in [0.5, 0.6) is 5.75 Å². The van der Waals surface area contributed by atoms with E-state index < -0.39 is 5.97 Å². The van der Waals surface area contributed by atoms with Crippen LogP contribution < -0.4 is 4.74 Å². The van der Waals surface area contributed by atoms with E-state index >= 15 is 0 Å². The Morgan fingerprint density at radius 2 is 2.00 bits per heavy atom. The number of carbonyl (C=O) groups excluding carboxylic acids is 1. The first-order valence-electron chi connectivity index (χ1n) is 9.71. The molecule has 1 aromatic carbocycles. The quantitative estimate of drug-likeness (QED) is 0.835. The predicted octanol–water partition coefficient (Wildman–Crippen LogP) is 3.08. The number of carboxylic acids is 1. The molecule has 0 radical (unpaired) electrons. The molecule has 1 amide bonds. The highest BCUT2D eigenvalue weighted by molar-refractivity contribution is 7.99. The monoisotopic (exact) mass is 391 g/mol. The van der Waals surface area contributed by atoms with Crippen LogP contribution in [0, 0.1) is 25.7 Å². The minimum absolute atomic E-state index is 0.0181. The molecule has 0 bridgehead atoms. The fraction of sp³-hybridized carbons (Fsp3) is 0.619. The van der Waals surface area contributed by atoms with Gasteiger partial charge < -0.3 is 14.7 Å². The van der Waals surface area contributed by atoms with E-state index in [0.717, 1.165) is 55.0 Å². The van der Waals surface area contributed by atoms with Crippen LogP contribution in [0.3, 0.4) is 0 Å². The zero-order chi connectivity index (χ0) is 19.6. The standard InChI is InChI=1S/C21H29NO4S/c1-13-10-19(26-12-20(23)24)15(3)18-11-16(4-5-17(13)18)14(2)21(25)22-6-8-27-9-7-22/h10,14,16H,4-9,11-12H2,1-3H3,(H,23,24). The minimum Gasteiger partial charge on any atom is -0.482 e. The number of carbonyl (C=O) groups is 2. The Labute approximate surface area is 165 Å². The molecule has 1 heterocycles. The van der Waals surface area contributed by atoms with Crippen LogP contribution in [0.4, 0.5) is 0 Å². The lowest BCUT2D eigenvalue weighted by Crippen LogP contribution is -2.43. The summed E-state index contributed by atoms with van der Waals surface area (Å²) in [6, 6.07) is 1.96. The lowest BCUT2D eigenvalue weighted by molar-refractivity contribution is -0.139. The fourth-order valence-electron chi connectivity index (χ4n) is 4.31. The van der Waals surface area contributed by atoms with Crippen molar-refractivity contribution in [1.29, 1.82) is 0 Å². The van der Waals surface area contributed by atoms with Gasteiger partial charge in [-0.15, -0.1) is 0 Å². The van der Waals surface area contributed by atoms with Crippen LogP contribution in [-0.2, 0) is 22.4 Å². The topological polar surface area (TPSA) is 66.8 Å². The first-order valence-corrected chi connectivity index (χ1v) is 10.9. The maximum Gasteiger partial charge on any atom is 0.341 e. The largest absolute Gasteiger partial charge is 0.482 e. The zero-order valence-corrected chi connectivity index (χ0v) is 17.2. The van der Waals surface area contributed by atoms with Crippen molar-refractivity contribution < 1.29 is 19.4 Å². The summed E-state index contributed by atoms with van der Waals surface area (Å²) in [7, 11) is 0. The Morgan fingerprint density at radius 3 is 2.67 bits per heavy atom. The van der Waals surface area contributed by atoms with Gasteiger partial charge in [0.05, 0.1) is 0 Å². The second kappa shape index (κ2) is 8.55. The van der Waals surface area contributed by atoms with Gasteiger partial charge in [-0.05, 0) is 67.3 Å². The second-order valence-corrected chi connectivity index (χ2v) is 8.91. The second-order valence-electron chi connectivity index (χ2n) is 7.69. The number of rotatable bonds is 5. The minimum atomic E-state index is -0.971. The third-order valence-electron chi connectivity index (χ3n) is 6.01. The maximum atomic E-state index is 12.9. The van der Waals surface area contributed by atoms with Gasteiger partial charge in [0.25, 0.3) is 0 Å². The molecule has 1 aromatic rings. The van der Waals surface area contributed by atoms with Gasteiger partial charge in [0.15, 0.2) is 6.61 Å². The molecule has 1 aliphatic carbocycles. The summed E-state index contributed by atoms with van der Waals surface area (Å²) >= 11 is 1.92. The van der Waals surface area contributed by atoms with E-state index in [-0.39, 0.29) is 18.4 Å². The average molecular weight is 392 g/mol. The summed E-state index contributed by atoms with van der Waals surface area (Å²) < 4.78 is 5.51. The molecule has 5 nitrogen and oxygen atoms in total. The Balaban J connectivity index is 1.77. The van der Waals surface area contributed by atoms with Gasteiger partial charge >= 0.3 is 5.97 Å². The predicted molar refractivity (Wildman–Crippen MR) is 108 cm³/mol. The molecule has 0 spiro atoms. The number of aryl methyl sites for hydroxylation is 1. The molecule has 2 aliphatic rings. The molecular weight excluding hydrogens is 362 g/mol. The first-order chi connectivity index (χ1) is 12.9. The van der Waals surface area contributed by atoms with Crippen LogP contribution >= 0.6 is 11.8 Å². The van der Waals surface area contributed by atoms with Gasteiger partial charge in [0.2, 0.25) is 5.91 Å². The normalized spacial score (nSPS) is 20.7. The van der Waals surface area contributed by atoms with Crippen molar-refractivity contribution in [3.8, 4) is 5.75 Å². The smallest absolute Gasteiger partial charge is 0.341 e. The van der Waals surface area contributed by atoms with Gasteiger partial charge in [0.1, 0.15) is 5.75 Å². The first kappa shape index (κ1) is 20.1. The molecule has 148 valence electrons. The van der Waals surface area contributed by atoms with Crippen LogP contribution in [-0.4, -0.2) is 53.1 Å². The van der Waals surface area contributed by atoms with Crippen molar-refractivity contribution in [2.75, 3.05) is 31.2 Å². The van der Waals surface area contributed by atoms with Gasteiger partial charge in [0, 0.05) is 30.5 Å². The van der Waals surface area contributed by atoms with E-state index in [4.69, 9.17) is 9.84 Å². The van der Waals surface area contributed by atoms with Gasteiger partial charge in [-0.2, -0.15) is 11.8 Å². The Hall–Kier alpha value is -1.69. The van der Waals surface area contributed by atoms with E-state index in [2.05, 4.69) is 13.8 Å². The molecule has 2 atom stereocenters. The lowest BCUT2D eigenvalue weighted by Gasteiger charge is -2.35. The molecule has 6 heteroatoms. The third-order valence-corrected chi connectivity index (χ3v) is 6.95. The molecule has 1 saturated heterocycles. The number of hydrogen-bond acceptors (Lipinski definition) is 4. The summed E-state index contributed by atoms with van der Waals surface area (Å²) in [5.74, 6) is 2.39. The van der Waals surface area contributed by atoms with E-state index in [0.29, 0.717) is 11.7 Å². The van der Waals surface area contributed by atoms with Crippen LogP contribution in [0.1, 0.15) is 35.6 Å². The van der Waals surface area contributed by atoms with Crippen LogP contribution in [0.25, 0.3) is 0 Å².